The molecule has 0 aromatic heterocycles. The summed E-state index contributed by atoms with van der Waals surface area (Å²) < 4.78 is 5.90. The Balaban J connectivity index is 4.00. The lowest BCUT2D eigenvalue weighted by Gasteiger charge is -2.33. The largest absolute Gasteiger partial charge is 0.375 e. The maximum atomic E-state index is 6.18. The molecule has 0 rings (SSSR count). The highest BCUT2D eigenvalue weighted by molar-refractivity contribution is 4.82. The van der Waals surface area contributed by atoms with E-state index in [4.69, 9.17) is 10.5 Å². The van der Waals surface area contributed by atoms with Gasteiger partial charge < -0.3 is 10.5 Å². The van der Waals surface area contributed by atoms with Crippen molar-refractivity contribution in [3.63, 3.8) is 0 Å². The third-order valence-electron chi connectivity index (χ3n) is 3.82. The predicted molar refractivity (Wildman–Crippen MR) is 66.9 cm³/mol. The minimum absolute atomic E-state index is 0.0486. The van der Waals surface area contributed by atoms with Crippen LogP contribution in [0, 0.1) is 11.8 Å². The van der Waals surface area contributed by atoms with Gasteiger partial charge in [0.2, 0.25) is 0 Å². The van der Waals surface area contributed by atoms with E-state index in [1.54, 1.807) is 0 Å². The van der Waals surface area contributed by atoms with Crippen LogP contribution in [0.15, 0.2) is 0 Å². The Kier molecular flexibility index (Phi) is 5.28. The van der Waals surface area contributed by atoms with Gasteiger partial charge in [0.1, 0.15) is 0 Å². The molecule has 2 N–H and O–H groups in total. The number of rotatable bonds is 6. The molecule has 1 unspecified atom stereocenters. The molecule has 2 heteroatoms. The fourth-order valence-corrected chi connectivity index (χ4v) is 0.989. The van der Waals surface area contributed by atoms with Gasteiger partial charge in [0.05, 0.1) is 5.60 Å². The van der Waals surface area contributed by atoms with Gasteiger partial charge in [-0.2, -0.15) is 0 Å². The summed E-state index contributed by atoms with van der Waals surface area (Å²) in [6, 6.07) is 0. The Bertz CT molecular complexity index is 163. The SMILES string of the molecule is CC(C)C(C)(N)CCOC(C)(C)C(C)C. The van der Waals surface area contributed by atoms with Gasteiger partial charge in [-0.3, -0.25) is 0 Å². The van der Waals surface area contributed by atoms with Crippen LogP contribution in [0.4, 0.5) is 0 Å². The Morgan fingerprint density at radius 3 is 1.80 bits per heavy atom. The predicted octanol–water partition coefficient (Wildman–Crippen LogP) is 3.20. The van der Waals surface area contributed by atoms with Crippen LogP contribution in [-0.4, -0.2) is 17.7 Å². The normalized spacial score (nSPS) is 17.2. The van der Waals surface area contributed by atoms with E-state index in [0.29, 0.717) is 11.8 Å². The highest BCUT2D eigenvalue weighted by Crippen LogP contribution is 2.23. The van der Waals surface area contributed by atoms with Crippen molar-refractivity contribution in [2.45, 2.75) is 66.0 Å². The number of hydrogen-bond donors (Lipinski definition) is 1. The first kappa shape index (κ1) is 14.9. The van der Waals surface area contributed by atoms with Gasteiger partial charge in [-0.05, 0) is 39.0 Å². The van der Waals surface area contributed by atoms with E-state index in [-0.39, 0.29) is 11.1 Å². The van der Waals surface area contributed by atoms with Crippen LogP contribution in [0.1, 0.15) is 54.9 Å². The lowest BCUT2D eigenvalue weighted by molar-refractivity contribution is -0.0571. The van der Waals surface area contributed by atoms with Gasteiger partial charge in [-0.25, -0.2) is 0 Å². The van der Waals surface area contributed by atoms with Crippen LogP contribution in [0.3, 0.4) is 0 Å². The van der Waals surface area contributed by atoms with E-state index < -0.39 is 0 Å². The van der Waals surface area contributed by atoms with Crippen molar-refractivity contribution < 1.29 is 4.74 Å². The fourth-order valence-electron chi connectivity index (χ4n) is 0.989. The maximum absolute atomic E-state index is 6.18. The van der Waals surface area contributed by atoms with E-state index in [1.165, 1.54) is 0 Å². The van der Waals surface area contributed by atoms with Gasteiger partial charge >= 0.3 is 0 Å². The molecule has 0 aromatic carbocycles. The molecule has 0 heterocycles. The molecule has 0 fully saturated rings. The van der Waals surface area contributed by atoms with E-state index in [9.17, 15) is 0 Å². The zero-order valence-corrected chi connectivity index (χ0v) is 11.6. The smallest absolute Gasteiger partial charge is 0.0649 e. The standard InChI is InChI=1S/C13H29NO/c1-10(2)12(5,6)15-9-8-13(7,14)11(3)4/h10-11H,8-9,14H2,1-7H3. The quantitative estimate of drug-likeness (QED) is 0.738. The first-order chi connectivity index (χ1) is 6.59. The average Bonchev–Trinajstić information content (AvgIpc) is 2.02. The van der Waals surface area contributed by atoms with Crippen LogP contribution >= 0.6 is 0 Å². The summed E-state index contributed by atoms with van der Waals surface area (Å²) in [5.74, 6) is 1.02. The third-order valence-corrected chi connectivity index (χ3v) is 3.82. The zero-order valence-electron chi connectivity index (χ0n) is 11.6. The second kappa shape index (κ2) is 5.31. The number of ether oxygens (including phenoxy) is 1. The number of nitrogens with two attached hydrogens (primary N) is 1. The molecule has 15 heavy (non-hydrogen) atoms. The Morgan fingerprint density at radius 1 is 1.00 bits per heavy atom. The molecule has 92 valence electrons. The van der Waals surface area contributed by atoms with Crippen LogP contribution in [0.2, 0.25) is 0 Å². The topological polar surface area (TPSA) is 35.2 Å². The maximum Gasteiger partial charge on any atom is 0.0649 e. The second-order valence-electron chi connectivity index (χ2n) is 6.02. The van der Waals surface area contributed by atoms with E-state index in [2.05, 4.69) is 48.5 Å². The third kappa shape index (κ3) is 4.98. The summed E-state index contributed by atoms with van der Waals surface area (Å²) in [7, 11) is 0. The van der Waals surface area contributed by atoms with Crippen molar-refractivity contribution in [1.29, 1.82) is 0 Å². The fraction of sp³-hybridized carbons (Fsp3) is 1.00. The lowest BCUT2D eigenvalue weighted by atomic mass is 9.86. The van der Waals surface area contributed by atoms with Gasteiger partial charge in [0.25, 0.3) is 0 Å². The summed E-state index contributed by atoms with van der Waals surface area (Å²) in [5.41, 5.74) is 6.02. The van der Waals surface area contributed by atoms with Crippen molar-refractivity contribution in [2.75, 3.05) is 6.61 Å². The molecular formula is C13H29NO. The molecule has 0 aliphatic carbocycles. The van der Waals surface area contributed by atoms with Crippen molar-refractivity contribution >= 4 is 0 Å². The van der Waals surface area contributed by atoms with Crippen LogP contribution in [0.25, 0.3) is 0 Å². The first-order valence-corrected chi connectivity index (χ1v) is 6.02. The molecule has 0 bridgehead atoms. The Morgan fingerprint density at radius 2 is 1.47 bits per heavy atom. The molecule has 0 aliphatic heterocycles. The Hall–Kier alpha value is -0.0800. The van der Waals surface area contributed by atoms with E-state index in [0.717, 1.165) is 13.0 Å². The molecule has 2 nitrogen and oxygen atoms in total. The van der Waals surface area contributed by atoms with Crippen molar-refractivity contribution in [2.24, 2.45) is 17.6 Å². The highest BCUT2D eigenvalue weighted by atomic mass is 16.5. The highest BCUT2D eigenvalue weighted by Gasteiger charge is 2.26. The zero-order chi connectivity index (χ0) is 12.3. The second-order valence-corrected chi connectivity index (χ2v) is 6.02. The molecule has 0 aliphatic rings. The summed E-state index contributed by atoms with van der Waals surface area (Å²) in [5, 5.41) is 0. The molecule has 0 spiro atoms. The molecular weight excluding hydrogens is 186 g/mol. The van der Waals surface area contributed by atoms with Gasteiger partial charge in [0, 0.05) is 12.1 Å². The lowest BCUT2D eigenvalue weighted by Crippen LogP contribution is -2.43. The summed E-state index contributed by atoms with van der Waals surface area (Å²) in [4.78, 5) is 0. The summed E-state index contributed by atoms with van der Waals surface area (Å²) in [6.07, 6.45) is 0.917. The number of hydrogen-bond acceptors (Lipinski definition) is 2. The first-order valence-electron chi connectivity index (χ1n) is 6.02. The molecule has 0 saturated carbocycles. The van der Waals surface area contributed by atoms with Crippen LogP contribution in [-0.2, 0) is 4.74 Å². The summed E-state index contributed by atoms with van der Waals surface area (Å²) >= 11 is 0. The van der Waals surface area contributed by atoms with E-state index in [1.807, 2.05) is 0 Å². The van der Waals surface area contributed by atoms with Crippen molar-refractivity contribution in [3.8, 4) is 0 Å². The minimum atomic E-state index is -0.118. The molecule has 0 radical (unpaired) electrons. The molecule has 0 aromatic rings. The van der Waals surface area contributed by atoms with Gasteiger partial charge in [0.15, 0.2) is 0 Å². The van der Waals surface area contributed by atoms with Crippen LogP contribution < -0.4 is 5.73 Å². The van der Waals surface area contributed by atoms with Crippen molar-refractivity contribution in [3.05, 3.63) is 0 Å². The Labute approximate surface area is 95.6 Å². The minimum Gasteiger partial charge on any atom is -0.375 e. The molecule has 1 atom stereocenters. The van der Waals surface area contributed by atoms with Crippen molar-refractivity contribution in [1.82, 2.24) is 0 Å². The molecule has 0 saturated heterocycles. The van der Waals surface area contributed by atoms with E-state index >= 15 is 0 Å². The van der Waals surface area contributed by atoms with Gasteiger partial charge in [-0.1, -0.05) is 27.7 Å². The van der Waals surface area contributed by atoms with Crippen LogP contribution in [0.5, 0.6) is 0 Å². The summed E-state index contributed by atoms with van der Waals surface area (Å²) in [6.45, 7) is 15.8. The van der Waals surface area contributed by atoms with Gasteiger partial charge in [-0.15, -0.1) is 0 Å². The molecule has 0 amide bonds. The monoisotopic (exact) mass is 215 g/mol. The average molecular weight is 215 g/mol.